The molecule has 0 saturated carbocycles. The van der Waals surface area contributed by atoms with Crippen molar-refractivity contribution < 1.29 is 19.7 Å². The van der Waals surface area contributed by atoms with Crippen LogP contribution in [-0.2, 0) is 9.47 Å². The lowest BCUT2D eigenvalue weighted by atomic mass is 9.91. The highest BCUT2D eigenvalue weighted by Gasteiger charge is 2.49. The first-order valence-electron chi connectivity index (χ1n) is 4.81. The molecule has 1 heterocycles. The maximum absolute atomic E-state index is 9.70. The zero-order chi connectivity index (χ0) is 10.5. The second kappa shape index (κ2) is 3.03. The number of aliphatic hydroxyl groups excluding tert-OH is 2. The minimum absolute atomic E-state index is 0.233. The summed E-state index contributed by atoms with van der Waals surface area (Å²) in [6, 6.07) is 0. The minimum Gasteiger partial charge on any atom is -0.387 e. The first-order chi connectivity index (χ1) is 6.41. The standard InChI is InChI=1S/C10H16O4/c1-5-4-6(11)7(12)9-8(5)13-10(2,3)14-9/h4,6-9,11-12H,1-3H3/t6-,7-,8-,9+/m0/s1. The van der Waals surface area contributed by atoms with Gasteiger partial charge in [0.1, 0.15) is 24.4 Å². The van der Waals surface area contributed by atoms with Crippen LogP contribution in [0.15, 0.2) is 11.6 Å². The smallest absolute Gasteiger partial charge is 0.164 e. The molecule has 1 fully saturated rings. The Balaban J connectivity index is 2.27. The van der Waals surface area contributed by atoms with Gasteiger partial charge in [0.25, 0.3) is 0 Å². The number of rotatable bonds is 0. The molecule has 14 heavy (non-hydrogen) atoms. The van der Waals surface area contributed by atoms with Crippen molar-refractivity contribution in [2.24, 2.45) is 0 Å². The summed E-state index contributed by atoms with van der Waals surface area (Å²) in [4.78, 5) is 0. The summed E-state index contributed by atoms with van der Waals surface area (Å²) in [6.45, 7) is 5.48. The highest BCUT2D eigenvalue weighted by Crippen LogP contribution is 2.37. The predicted octanol–water partition coefficient (Wildman–Crippen LogP) is 0.188. The molecule has 0 bridgehead atoms. The third kappa shape index (κ3) is 1.48. The van der Waals surface area contributed by atoms with Crippen molar-refractivity contribution in [1.82, 2.24) is 0 Å². The molecule has 80 valence electrons. The van der Waals surface area contributed by atoms with Gasteiger partial charge in [-0.25, -0.2) is 0 Å². The largest absolute Gasteiger partial charge is 0.387 e. The van der Waals surface area contributed by atoms with Gasteiger partial charge in [-0.15, -0.1) is 0 Å². The summed E-state index contributed by atoms with van der Waals surface area (Å²) >= 11 is 0. The SMILES string of the molecule is CC1=C[C@H](O)[C@H](O)[C@H]2OC(C)(C)O[C@@H]12. The molecule has 2 rings (SSSR count). The molecule has 2 N–H and O–H groups in total. The molecule has 0 aromatic rings. The van der Waals surface area contributed by atoms with Gasteiger partial charge in [-0.3, -0.25) is 0 Å². The second-order valence-electron chi connectivity index (χ2n) is 4.41. The van der Waals surface area contributed by atoms with Crippen LogP contribution in [0.5, 0.6) is 0 Å². The fourth-order valence-corrected chi connectivity index (χ4v) is 2.05. The number of aliphatic hydroxyl groups is 2. The van der Waals surface area contributed by atoms with Crippen LogP contribution in [0, 0.1) is 0 Å². The first-order valence-corrected chi connectivity index (χ1v) is 4.81. The maximum atomic E-state index is 9.70. The Morgan fingerprint density at radius 1 is 1.29 bits per heavy atom. The molecular formula is C10H16O4. The van der Waals surface area contributed by atoms with E-state index >= 15 is 0 Å². The normalized spacial score (nSPS) is 45.9. The van der Waals surface area contributed by atoms with Crippen molar-refractivity contribution in [3.05, 3.63) is 11.6 Å². The van der Waals surface area contributed by atoms with Gasteiger partial charge in [0.2, 0.25) is 0 Å². The van der Waals surface area contributed by atoms with Crippen molar-refractivity contribution in [2.45, 2.75) is 51.0 Å². The third-order valence-corrected chi connectivity index (χ3v) is 2.70. The highest BCUT2D eigenvalue weighted by atomic mass is 16.8. The van der Waals surface area contributed by atoms with E-state index in [2.05, 4.69) is 0 Å². The lowest BCUT2D eigenvalue weighted by Crippen LogP contribution is -2.46. The van der Waals surface area contributed by atoms with Crippen LogP contribution in [0.4, 0.5) is 0 Å². The quantitative estimate of drug-likeness (QED) is 0.548. The van der Waals surface area contributed by atoms with Gasteiger partial charge in [-0.2, -0.15) is 0 Å². The summed E-state index contributed by atoms with van der Waals surface area (Å²) in [7, 11) is 0. The van der Waals surface area contributed by atoms with Crippen LogP contribution in [0.3, 0.4) is 0 Å². The molecule has 1 aliphatic carbocycles. The molecule has 4 heteroatoms. The van der Waals surface area contributed by atoms with Crippen LogP contribution in [-0.4, -0.2) is 40.4 Å². The summed E-state index contributed by atoms with van der Waals surface area (Å²) in [5.74, 6) is -0.685. The number of hydrogen-bond donors (Lipinski definition) is 2. The number of fused-ring (bicyclic) bond motifs is 1. The van der Waals surface area contributed by atoms with Crippen LogP contribution in [0.1, 0.15) is 20.8 Å². The van der Waals surface area contributed by atoms with Gasteiger partial charge in [-0.1, -0.05) is 6.08 Å². The lowest BCUT2D eigenvalue weighted by Gasteiger charge is -2.30. The van der Waals surface area contributed by atoms with Crippen LogP contribution in [0.25, 0.3) is 0 Å². The Kier molecular flexibility index (Phi) is 2.19. The monoisotopic (exact) mass is 200 g/mol. The lowest BCUT2D eigenvalue weighted by molar-refractivity contribution is -0.158. The van der Waals surface area contributed by atoms with E-state index in [0.29, 0.717) is 0 Å². The molecule has 1 aliphatic heterocycles. The van der Waals surface area contributed by atoms with Crippen molar-refractivity contribution in [1.29, 1.82) is 0 Å². The average molecular weight is 200 g/mol. The Labute approximate surface area is 83.1 Å². The minimum atomic E-state index is -0.898. The molecule has 4 nitrogen and oxygen atoms in total. The molecule has 0 spiro atoms. The van der Waals surface area contributed by atoms with Gasteiger partial charge in [0, 0.05) is 0 Å². The van der Waals surface area contributed by atoms with Crippen LogP contribution in [0.2, 0.25) is 0 Å². The molecule has 2 aliphatic rings. The van der Waals surface area contributed by atoms with Gasteiger partial charge < -0.3 is 19.7 Å². The van der Waals surface area contributed by atoms with Gasteiger partial charge in [-0.05, 0) is 26.3 Å². The summed E-state index contributed by atoms with van der Waals surface area (Å²) in [5, 5.41) is 19.2. The van der Waals surface area contributed by atoms with E-state index < -0.39 is 24.1 Å². The van der Waals surface area contributed by atoms with Crippen LogP contribution >= 0.6 is 0 Å². The molecule has 0 radical (unpaired) electrons. The molecule has 0 aromatic carbocycles. The van der Waals surface area contributed by atoms with Gasteiger partial charge in [0.15, 0.2) is 5.79 Å². The topological polar surface area (TPSA) is 58.9 Å². The van der Waals surface area contributed by atoms with Crippen molar-refractivity contribution in [2.75, 3.05) is 0 Å². The predicted molar refractivity (Wildman–Crippen MR) is 49.6 cm³/mol. The maximum Gasteiger partial charge on any atom is 0.164 e. The van der Waals surface area contributed by atoms with Gasteiger partial charge >= 0.3 is 0 Å². The van der Waals surface area contributed by atoms with Crippen molar-refractivity contribution in [3.8, 4) is 0 Å². The molecular weight excluding hydrogens is 184 g/mol. The average Bonchev–Trinajstić information content (AvgIpc) is 2.38. The van der Waals surface area contributed by atoms with E-state index in [9.17, 15) is 10.2 Å². The number of ether oxygens (including phenoxy) is 2. The third-order valence-electron chi connectivity index (χ3n) is 2.70. The molecule has 1 saturated heterocycles. The molecule has 4 atom stereocenters. The van der Waals surface area contributed by atoms with Gasteiger partial charge in [0.05, 0.1) is 0 Å². The molecule has 0 aromatic heterocycles. The van der Waals surface area contributed by atoms with E-state index in [1.807, 2.05) is 6.92 Å². The van der Waals surface area contributed by atoms with E-state index in [1.165, 1.54) is 0 Å². The summed E-state index contributed by atoms with van der Waals surface area (Å²) in [6.07, 6.45) is -0.816. The number of hydrogen-bond acceptors (Lipinski definition) is 4. The highest BCUT2D eigenvalue weighted by molar-refractivity contribution is 5.20. The zero-order valence-electron chi connectivity index (χ0n) is 8.60. The van der Waals surface area contributed by atoms with E-state index in [0.717, 1.165) is 5.57 Å². The fourth-order valence-electron chi connectivity index (χ4n) is 2.05. The van der Waals surface area contributed by atoms with Crippen molar-refractivity contribution in [3.63, 3.8) is 0 Å². The molecule has 0 amide bonds. The van der Waals surface area contributed by atoms with Crippen molar-refractivity contribution >= 4 is 0 Å². The Hall–Kier alpha value is -0.420. The Bertz CT molecular complexity index is 271. The zero-order valence-corrected chi connectivity index (χ0v) is 8.60. The second-order valence-corrected chi connectivity index (χ2v) is 4.41. The molecule has 0 unspecified atom stereocenters. The summed E-state index contributed by atoms with van der Waals surface area (Å²) in [5.41, 5.74) is 0.915. The van der Waals surface area contributed by atoms with E-state index in [1.54, 1.807) is 19.9 Å². The van der Waals surface area contributed by atoms with Crippen LogP contribution < -0.4 is 0 Å². The fraction of sp³-hybridized carbons (Fsp3) is 0.800. The van der Waals surface area contributed by atoms with E-state index in [4.69, 9.17) is 9.47 Å². The first kappa shape index (κ1) is 10.1. The summed E-state index contributed by atoms with van der Waals surface area (Å²) < 4.78 is 11.2. The van der Waals surface area contributed by atoms with E-state index in [-0.39, 0.29) is 6.10 Å². The Morgan fingerprint density at radius 2 is 1.93 bits per heavy atom. The Morgan fingerprint density at radius 3 is 2.57 bits per heavy atom.